The van der Waals surface area contributed by atoms with Gasteiger partial charge in [0.25, 0.3) is 5.91 Å². The number of primary amides is 1. The Kier molecular flexibility index (Phi) is 8.38. The molecular formula is C15H27N3O6. The van der Waals surface area contributed by atoms with Crippen molar-refractivity contribution >= 4 is 23.7 Å². The molecular weight excluding hydrogens is 318 g/mol. The molecule has 0 aromatic heterocycles. The van der Waals surface area contributed by atoms with E-state index in [-0.39, 0.29) is 23.5 Å². The van der Waals surface area contributed by atoms with Crippen LogP contribution in [-0.4, -0.2) is 40.2 Å². The van der Waals surface area contributed by atoms with Crippen LogP contribution in [0.5, 0.6) is 0 Å². The van der Waals surface area contributed by atoms with Gasteiger partial charge in [0.15, 0.2) is 0 Å². The SMILES string of the molecule is CCC(C)[C@H](NC(=O)C(C)(C)C)C(=O)ON(O)C(=O)CCC(N)=O. The smallest absolute Gasteiger partial charge is 0.357 e. The summed E-state index contributed by atoms with van der Waals surface area (Å²) < 4.78 is 0. The maximum Gasteiger partial charge on any atom is 0.357 e. The highest BCUT2D eigenvalue weighted by molar-refractivity contribution is 5.88. The van der Waals surface area contributed by atoms with Gasteiger partial charge in [-0.15, -0.1) is 0 Å². The van der Waals surface area contributed by atoms with Crippen molar-refractivity contribution in [3.8, 4) is 0 Å². The van der Waals surface area contributed by atoms with Gasteiger partial charge in [-0.3, -0.25) is 19.6 Å². The number of rotatable bonds is 7. The highest BCUT2D eigenvalue weighted by atomic mass is 16.9. The van der Waals surface area contributed by atoms with Gasteiger partial charge in [0.05, 0.1) is 0 Å². The molecule has 0 aromatic rings. The number of hydroxylamine groups is 2. The molecule has 4 N–H and O–H groups in total. The minimum absolute atomic E-state index is 0.232. The Labute approximate surface area is 141 Å². The van der Waals surface area contributed by atoms with Crippen LogP contribution in [0.2, 0.25) is 0 Å². The molecule has 0 saturated carbocycles. The van der Waals surface area contributed by atoms with Gasteiger partial charge in [-0.25, -0.2) is 4.79 Å². The van der Waals surface area contributed by atoms with Gasteiger partial charge in [-0.1, -0.05) is 41.0 Å². The standard InChI is InChI=1S/C15H27N3O6/c1-6-9(2)12(17-14(22)15(3,4)5)13(21)24-18(23)11(20)8-7-10(16)19/h9,12,23H,6-8H2,1-5H3,(H2,16,19)(H,17,22)/t9?,12-/m0/s1. The lowest BCUT2D eigenvalue weighted by molar-refractivity contribution is -0.299. The van der Waals surface area contributed by atoms with Crippen molar-refractivity contribution in [2.45, 2.75) is 59.9 Å². The number of hydrogen-bond donors (Lipinski definition) is 3. The molecule has 0 aromatic carbocycles. The topological polar surface area (TPSA) is 139 Å². The lowest BCUT2D eigenvalue weighted by Gasteiger charge is -2.27. The van der Waals surface area contributed by atoms with Crippen LogP contribution in [0.15, 0.2) is 0 Å². The molecule has 9 heteroatoms. The summed E-state index contributed by atoms with van der Waals surface area (Å²) in [7, 11) is 0. The summed E-state index contributed by atoms with van der Waals surface area (Å²) in [6, 6.07) is -1.03. The quantitative estimate of drug-likeness (QED) is 0.454. The number of nitrogens with two attached hydrogens (primary N) is 1. The maximum atomic E-state index is 12.2. The Balaban J connectivity index is 4.91. The van der Waals surface area contributed by atoms with Crippen LogP contribution in [0.1, 0.15) is 53.9 Å². The van der Waals surface area contributed by atoms with Crippen molar-refractivity contribution in [3.63, 3.8) is 0 Å². The van der Waals surface area contributed by atoms with E-state index in [2.05, 4.69) is 10.2 Å². The first kappa shape index (κ1) is 21.8. The van der Waals surface area contributed by atoms with Crippen LogP contribution < -0.4 is 11.1 Å². The zero-order valence-electron chi connectivity index (χ0n) is 14.8. The molecule has 9 nitrogen and oxygen atoms in total. The average molecular weight is 345 g/mol. The maximum absolute atomic E-state index is 12.2. The number of carbonyl (C=O) groups excluding carboxylic acids is 4. The molecule has 2 atom stereocenters. The van der Waals surface area contributed by atoms with Crippen molar-refractivity contribution < 1.29 is 29.2 Å². The first-order valence-corrected chi connectivity index (χ1v) is 7.73. The number of carbonyl (C=O) groups is 4. The number of nitrogens with zero attached hydrogens (tertiary/aromatic N) is 1. The first-order chi connectivity index (χ1) is 10.9. The minimum atomic E-state index is -1.03. The van der Waals surface area contributed by atoms with Crippen molar-refractivity contribution in [2.24, 2.45) is 17.1 Å². The molecule has 138 valence electrons. The summed E-state index contributed by atoms with van der Waals surface area (Å²) in [5.41, 5.74) is 4.18. The molecule has 0 aliphatic rings. The van der Waals surface area contributed by atoms with Gasteiger partial charge >= 0.3 is 5.97 Å². The number of amides is 3. The monoisotopic (exact) mass is 345 g/mol. The van der Waals surface area contributed by atoms with Gasteiger partial charge in [0.2, 0.25) is 11.8 Å². The molecule has 1 unspecified atom stereocenters. The third kappa shape index (κ3) is 7.40. The molecule has 0 radical (unpaired) electrons. The van der Waals surface area contributed by atoms with Gasteiger partial charge < -0.3 is 15.9 Å². The zero-order chi connectivity index (χ0) is 19.1. The minimum Gasteiger partial charge on any atom is -0.370 e. The third-order valence-corrected chi connectivity index (χ3v) is 3.41. The number of nitrogens with one attached hydrogen (secondary N) is 1. The fraction of sp³-hybridized carbons (Fsp3) is 0.733. The molecule has 0 saturated heterocycles. The third-order valence-electron chi connectivity index (χ3n) is 3.41. The molecule has 3 amide bonds. The average Bonchev–Trinajstić information content (AvgIpc) is 2.47. The van der Waals surface area contributed by atoms with E-state index in [1.807, 2.05) is 6.92 Å². The Morgan fingerprint density at radius 2 is 1.75 bits per heavy atom. The van der Waals surface area contributed by atoms with Crippen molar-refractivity contribution in [3.05, 3.63) is 0 Å². The summed E-state index contributed by atoms with van der Waals surface area (Å²) in [6.45, 7) is 8.61. The molecule has 0 aliphatic heterocycles. The van der Waals surface area contributed by atoms with Gasteiger partial charge in [-0.2, -0.15) is 0 Å². The fourth-order valence-electron chi connectivity index (χ4n) is 1.55. The summed E-state index contributed by atoms with van der Waals surface area (Å²) in [4.78, 5) is 51.0. The molecule has 0 bridgehead atoms. The summed E-state index contributed by atoms with van der Waals surface area (Å²) in [5.74, 6) is -3.34. The van der Waals surface area contributed by atoms with Crippen LogP contribution in [0.25, 0.3) is 0 Å². The molecule has 0 fully saturated rings. The van der Waals surface area contributed by atoms with Crippen LogP contribution >= 0.6 is 0 Å². The normalized spacial score (nSPS) is 13.6. The van der Waals surface area contributed by atoms with Crippen LogP contribution in [0.3, 0.4) is 0 Å². The molecule has 0 heterocycles. The van der Waals surface area contributed by atoms with Crippen LogP contribution in [-0.2, 0) is 24.0 Å². The largest absolute Gasteiger partial charge is 0.370 e. The second kappa shape index (κ2) is 9.21. The van der Waals surface area contributed by atoms with Crippen LogP contribution in [0.4, 0.5) is 0 Å². The second-order valence-corrected chi connectivity index (χ2v) is 6.63. The van der Waals surface area contributed by atoms with E-state index in [9.17, 15) is 24.4 Å². The van der Waals surface area contributed by atoms with E-state index in [4.69, 9.17) is 5.73 Å². The summed E-state index contributed by atoms with van der Waals surface area (Å²) in [6.07, 6.45) is -0.129. The Morgan fingerprint density at radius 1 is 1.21 bits per heavy atom. The van der Waals surface area contributed by atoms with E-state index in [1.165, 1.54) is 0 Å². The molecule has 24 heavy (non-hydrogen) atoms. The molecule has 0 aliphatic carbocycles. The molecule has 0 rings (SSSR count). The lowest BCUT2D eigenvalue weighted by atomic mass is 9.93. The lowest BCUT2D eigenvalue weighted by Crippen LogP contribution is -2.51. The highest BCUT2D eigenvalue weighted by Gasteiger charge is 2.33. The van der Waals surface area contributed by atoms with Gasteiger partial charge in [0.1, 0.15) is 6.04 Å². The first-order valence-electron chi connectivity index (χ1n) is 7.73. The van der Waals surface area contributed by atoms with Gasteiger partial charge in [0, 0.05) is 18.3 Å². The van der Waals surface area contributed by atoms with E-state index < -0.39 is 35.7 Å². The predicted octanol–water partition coefficient (Wildman–Crippen LogP) is 0.505. The van der Waals surface area contributed by atoms with E-state index >= 15 is 0 Å². The van der Waals surface area contributed by atoms with E-state index in [0.717, 1.165) is 0 Å². The Bertz CT molecular complexity index is 486. The Hall–Kier alpha value is -2.16. The fourth-order valence-corrected chi connectivity index (χ4v) is 1.55. The highest BCUT2D eigenvalue weighted by Crippen LogP contribution is 2.16. The second-order valence-electron chi connectivity index (χ2n) is 6.63. The zero-order valence-corrected chi connectivity index (χ0v) is 14.8. The van der Waals surface area contributed by atoms with Crippen LogP contribution in [0, 0.1) is 11.3 Å². The number of hydrogen-bond acceptors (Lipinski definition) is 6. The van der Waals surface area contributed by atoms with Crippen molar-refractivity contribution in [1.29, 1.82) is 0 Å². The van der Waals surface area contributed by atoms with E-state index in [1.54, 1.807) is 27.7 Å². The Morgan fingerprint density at radius 3 is 2.17 bits per heavy atom. The molecule has 0 spiro atoms. The summed E-state index contributed by atoms with van der Waals surface area (Å²) >= 11 is 0. The van der Waals surface area contributed by atoms with Gasteiger partial charge in [-0.05, 0) is 11.1 Å². The van der Waals surface area contributed by atoms with E-state index in [0.29, 0.717) is 6.42 Å². The predicted molar refractivity (Wildman–Crippen MR) is 84.0 cm³/mol. The summed E-state index contributed by atoms with van der Waals surface area (Å²) in [5, 5.41) is 11.8. The van der Waals surface area contributed by atoms with Crippen molar-refractivity contribution in [2.75, 3.05) is 0 Å². The van der Waals surface area contributed by atoms with Crippen molar-refractivity contribution in [1.82, 2.24) is 10.5 Å².